The van der Waals surface area contributed by atoms with Crippen molar-refractivity contribution < 1.29 is 0 Å². The molecule has 18 heavy (non-hydrogen) atoms. The Morgan fingerprint density at radius 3 is 3.28 bits per heavy atom. The molecular formula is C14H20N4. The van der Waals surface area contributed by atoms with Crippen LogP contribution in [0.3, 0.4) is 0 Å². The highest BCUT2D eigenvalue weighted by Gasteiger charge is 2.12. The van der Waals surface area contributed by atoms with E-state index in [1.54, 1.807) is 6.33 Å². The third-order valence-corrected chi connectivity index (χ3v) is 3.67. The van der Waals surface area contributed by atoms with E-state index >= 15 is 0 Å². The molecular weight excluding hydrogens is 224 g/mol. The summed E-state index contributed by atoms with van der Waals surface area (Å²) in [6.07, 6.45) is 4.14. The van der Waals surface area contributed by atoms with Gasteiger partial charge in [-0.1, -0.05) is 6.07 Å². The minimum atomic E-state index is 0.820. The highest BCUT2D eigenvalue weighted by Crippen LogP contribution is 2.11. The summed E-state index contributed by atoms with van der Waals surface area (Å²) in [7, 11) is 0. The van der Waals surface area contributed by atoms with E-state index in [0.717, 1.165) is 36.5 Å². The maximum Gasteiger partial charge on any atom is 0.0931 e. The molecule has 3 rings (SSSR count). The molecule has 0 radical (unpaired) electrons. The zero-order chi connectivity index (χ0) is 12.2. The van der Waals surface area contributed by atoms with E-state index in [1.807, 2.05) is 0 Å². The molecule has 0 aliphatic carbocycles. The standard InChI is InChI=1S/C14H20N4/c1-2-13-14(18-10-17-13)7-11(1)3-5-15-8-12-4-6-16-9-12/h1-2,7,10,12,15-16H,3-6,8-9H2,(H,17,18). The third-order valence-electron chi connectivity index (χ3n) is 3.67. The molecule has 4 nitrogen and oxygen atoms in total. The largest absolute Gasteiger partial charge is 0.345 e. The Morgan fingerprint density at radius 2 is 2.39 bits per heavy atom. The number of hydrogen-bond acceptors (Lipinski definition) is 3. The van der Waals surface area contributed by atoms with Gasteiger partial charge in [0.2, 0.25) is 0 Å². The van der Waals surface area contributed by atoms with Crippen LogP contribution in [0, 0.1) is 5.92 Å². The second kappa shape index (κ2) is 5.50. The molecule has 0 saturated carbocycles. The minimum Gasteiger partial charge on any atom is -0.345 e. The minimum absolute atomic E-state index is 0.820. The van der Waals surface area contributed by atoms with Gasteiger partial charge in [0, 0.05) is 0 Å². The molecule has 0 bridgehead atoms. The van der Waals surface area contributed by atoms with Gasteiger partial charge in [-0.25, -0.2) is 4.98 Å². The van der Waals surface area contributed by atoms with Crippen LogP contribution in [0.1, 0.15) is 12.0 Å². The predicted octanol–water partition coefficient (Wildman–Crippen LogP) is 1.30. The van der Waals surface area contributed by atoms with Gasteiger partial charge in [-0.3, -0.25) is 0 Å². The molecule has 1 fully saturated rings. The Labute approximate surface area is 107 Å². The molecule has 1 aliphatic rings. The van der Waals surface area contributed by atoms with Gasteiger partial charge >= 0.3 is 0 Å². The number of H-pyrrole nitrogens is 1. The quantitative estimate of drug-likeness (QED) is 0.695. The van der Waals surface area contributed by atoms with Crippen molar-refractivity contribution in [2.24, 2.45) is 5.92 Å². The van der Waals surface area contributed by atoms with Gasteiger partial charge in [0.15, 0.2) is 0 Å². The SMILES string of the molecule is c1nc2ccc(CCNCC3CCNC3)cc2[nH]1. The first-order valence-corrected chi connectivity index (χ1v) is 6.75. The summed E-state index contributed by atoms with van der Waals surface area (Å²) in [6.45, 7) is 4.55. The molecule has 0 amide bonds. The number of hydrogen-bond donors (Lipinski definition) is 3. The highest BCUT2D eigenvalue weighted by atomic mass is 14.9. The van der Waals surface area contributed by atoms with Crippen LogP contribution in [0.15, 0.2) is 24.5 Å². The van der Waals surface area contributed by atoms with Crippen LogP contribution in [-0.2, 0) is 6.42 Å². The molecule has 4 heteroatoms. The zero-order valence-corrected chi connectivity index (χ0v) is 10.6. The number of imidazole rings is 1. The highest BCUT2D eigenvalue weighted by molar-refractivity contribution is 5.75. The summed E-state index contributed by atoms with van der Waals surface area (Å²) < 4.78 is 0. The van der Waals surface area contributed by atoms with Gasteiger partial charge in [0.25, 0.3) is 0 Å². The van der Waals surface area contributed by atoms with Crippen LogP contribution in [0.4, 0.5) is 0 Å². The van der Waals surface area contributed by atoms with E-state index in [1.165, 1.54) is 25.1 Å². The van der Waals surface area contributed by atoms with E-state index in [2.05, 4.69) is 38.8 Å². The molecule has 1 atom stereocenters. The van der Waals surface area contributed by atoms with Crippen LogP contribution in [0.2, 0.25) is 0 Å². The lowest BCUT2D eigenvalue weighted by Gasteiger charge is -2.09. The van der Waals surface area contributed by atoms with Crippen LogP contribution >= 0.6 is 0 Å². The summed E-state index contributed by atoms with van der Waals surface area (Å²) in [5.74, 6) is 0.820. The van der Waals surface area contributed by atoms with Crippen molar-refractivity contribution in [2.45, 2.75) is 12.8 Å². The van der Waals surface area contributed by atoms with Gasteiger partial charge in [-0.2, -0.15) is 0 Å². The summed E-state index contributed by atoms with van der Waals surface area (Å²) in [5, 5.41) is 6.95. The second-order valence-electron chi connectivity index (χ2n) is 5.07. The molecule has 2 heterocycles. The van der Waals surface area contributed by atoms with Crippen molar-refractivity contribution in [2.75, 3.05) is 26.2 Å². The second-order valence-corrected chi connectivity index (χ2v) is 5.07. The summed E-state index contributed by atoms with van der Waals surface area (Å²) >= 11 is 0. The molecule has 1 aromatic heterocycles. The molecule has 2 aromatic rings. The first-order valence-electron chi connectivity index (χ1n) is 6.75. The Kier molecular flexibility index (Phi) is 3.57. The van der Waals surface area contributed by atoms with Crippen LogP contribution in [0.5, 0.6) is 0 Å². The average molecular weight is 244 g/mol. The summed E-state index contributed by atoms with van der Waals surface area (Å²) in [6, 6.07) is 6.45. The Morgan fingerprint density at radius 1 is 1.39 bits per heavy atom. The Balaban J connectivity index is 1.47. The van der Waals surface area contributed by atoms with Gasteiger partial charge < -0.3 is 15.6 Å². The Bertz CT molecular complexity index is 499. The monoisotopic (exact) mass is 244 g/mol. The number of aromatic amines is 1. The number of fused-ring (bicyclic) bond motifs is 1. The van der Waals surface area contributed by atoms with Crippen molar-refractivity contribution in [3.8, 4) is 0 Å². The van der Waals surface area contributed by atoms with Crippen molar-refractivity contribution in [3.05, 3.63) is 30.1 Å². The van der Waals surface area contributed by atoms with E-state index in [0.29, 0.717) is 0 Å². The van der Waals surface area contributed by atoms with Gasteiger partial charge in [0.05, 0.1) is 17.4 Å². The van der Waals surface area contributed by atoms with Crippen LogP contribution < -0.4 is 10.6 Å². The molecule has 1 saturated heterocycles. The van der Waals surface area contributed by atoms with Gasteiger partial charge in [0.1, 0.15) is 0 Å². The number of benzene rings is 1. The molecule has 1 unspecified atom stereocenters. The molecule has 0 spiro atoms. The van der Waals surface area contributed by atoms with Crippen molar-refractivity contribution >= 4 is 11.0 Å². The van der Waals surface area contributed by atoms with Crippen molar-refractivity contribution in [3.63, 3.8) is 0 Å². The average Bonchev–Trinajstić information content (AvgIpc) is 3.05. The smallest absolute Gasteiger partial charge is 0.0931 e. The van der Waals surface area contributed by atoms with Crippen LogP contribution in [-0.4, -0.2) is 36.1 Å². The maximum atomic E-state index is 4.23. The van der Waals surface area contributed by atoms with Crippen molar-refractivity contribution in [1.29, 1.82) is 0 Å². The Hall–Kier alpha value is -1.39. The molecule has 96 valence electrons. The first-order chi connectivity index (χ1) is 8.92. The lowest BCUT2D eigenvalue weighted by Crippen LogP contribution is -2.26. The molecule has 1 aliphatic heterocycles. The van der Waals surface area contributed by atoms with Crippen molar-refractivity contribution in [1.82, 2.24) is 20.6 Å². The number of rotatable bonds is 5. The number of nitrogens with one attached hydrogen (secondary N) is 3. The van der Waals surface area contributed by atoms with Gasteiger partial charge in [-0.15, -0.1) is 0 Å². The zero-order valence-electron chi connectivity index (χ0n) is 10.6. The lowest BCUT2D eigenvalue weighted by molar-refractivity contribution is 0.515. The van der Waals surface area contributed by atoms with E-state index < -0.39 is 0 Å². The summed E-state index contributed by atoms with van der Waals surface area (Å²) in [5.41, 5.74) is 3.54. The van der Waals surface area contributed by atoms with Crippen LogP contribution in [0.25, 0.3) is 11.0 Å². The van der Waals surface area contributed by atoms with E-state index in [-0.39, 0.29) is 0 Å². The fraction of sp³-hybridized carbons (Fsp3) is 0.500. The lowest BCUT2D eigenvalue weighted by atomic mass is 10.1. The fourth-order valence-electron chi connectivity index (χ4n) is 2.57. The molecule has 3 N–H and O–H groups in total. The van der Waals surface area contributed by atoms with Gasteiger partial charge in [-0.05, 0) is 62.6 Å². The number of aromatic nitrogens is 2. The van der Waals surface area contributed by atoms with E-state index in [9.17, 15) is 0 Å². The number of nitrogens with zero attached hydrogens (tertiary/aromatic N) is 1. The first kappa shape index (κ1) is 11.7. The maximum absolute atomic E-state index is 4.23. The third kappa shape index (κ3) is 2.71. The fourth-order valence-corrected chi connectivity index (χ4v) is 2.57. The summed E-state index contributed by atoms with van der Waals surface area (Å²) in [4.78, 5) is 7.39. The predicted molar refractivity (Wildman–Crippen MR) is 73.6 cm³/mol. The van der Waals surface area contributed by atoms with E-state index in [4.69, 9.17) is 0 Å². The molecule has 1 aromatic carbocycles. The topological polar surface area (TPSA) is 52.7 Å². The normalized spacial score (nSPS) is 19.7.